The van der Waals surface area contributed by atoms with Gasteiger partial charge in [0.1, 0.15) is 14.0 Å². The molecule has 14 heavy (non-hydrogen) atoms. The summed E-state index contributed by atoms with van der Waals surface area (Å²) in [6.07, 6.45) is -0.144. The molecular weight excluding hydrogens is 192 g/mol. The van der Waals surface area contributed by atoms with Crippen molar-refractivity contribution in [2.75, 3.05) is 0 Å². The lowest BCUT2D eigenvalue weighted by Gasteiger charge is -2.34. The van der Waals surface area contributed by atoms with Gasteiger partial charge in [-0.25, -0.2) is 0 Å². The van der Waals surface area contributed by atoms with Crippen molar-refractivity contribution in [2.24, 2.45) is 11.8 Å². The predicted molar refractivity (Wildman–Crippen MR) is 59.3 cm³/mol. The molecule has 0 unspecified atom stereocenters. The molecule has 2 nitrogen and oxygen atoms in total. The molecule has 1 aliphatic rings. The first kappa shape index (κ1) is 11.3. The van der Waals surface area contributed by atoms with Crippen molar-refractivity contribution >= 4 is 14.0 Å². The molecule has 1 heterocycles. The number of hydrogen-bond donors (Lipinski definition) is 0. The third-order valence-electron chi connectivity index (χ3n) is 2.15. The highest BCUT2D eigenvalue weighted by molar-refractivity contribution is 6.83. The van der Waals surface area contributed by atoms with Crippen molar-refractivity contribution < 1.29 is 9.53 Å². The summed E-state index contributed by atoms with van der Waals surface area (Å²) in [5.74, 6) is 3.33. The van der Waals surface area contributed by atoms with E-state index in [0.29, 0.717) is 5.92 Å². The third-order valence-corrected chi connectivity index (χ3v) is 3.04. The summed E-state index contributed by atoms with van der Waals surface area (Å²) in [7, 11) is -1.34. The first-order valence-corrected chi connectivity index (χ1v) is 8.54. The summed E-state index contributed by atoms with van der Waals surface area (Å²) in [4.78, 5) is 11.1. The fourth-order valence-corrected chi connectivity index (χ4v) is 1.93. The van der Waals surface area contributed by atoms with Crippen LogP contribution in [0.2, 0.25) is 19.6 Å². The van der Waals surface area contributed by atoms with Crippen molar-refractivity contribution in [3.63, 3.8) is 0 Å². The summed E-state index contributed by atoms with van der Waals surface area (Å²) in [5, 5.41) is 0. The number of cyclic esters (lactones) is 1. The van der Waals surface area contributed by atoms with E-state index in [0.717, 1.165) is 0 Å². The van der Waals surface area contributed by atoms with Gasteiger partial charge in [-0.1, -0.05) is 39.4 Å². The predicted octanol–water partition coefficient (Wildman–Crippen LogP) is 2.06. The minimum absolute atomic E-state index is 0.00106. The Kier molecular flexibility index (Phi) is 3.06. The van der Waals surface area contributed by atoms with Crippen molar-refractivity contribution in [3.05, 3.63) is 0 Å². The Morgan fingerprint density at radius 1 is 1.36 bits per heavy atom. The average Bonchev–Trinajstić information content (AvgIpc) is 1.93. The van der Waals surface area contributed by atoms with E-state index >= 15 is 0 Å². The van der Waals surface area contributed by atoms with Gasteiger partial charge in [0, 0.05) is 0 Å². The lowest BCUT2D eigenvalue weighted by atomic mass is 9.86. The van der Waals surface area contributed by atoms with Crippen LogP contribution in [-0.4, -0.2) is 20.1 Å². The maximum atomic E-state index is 11.1. The first-order valence-electron chi connectivity index (χ1n) is 5.04. The number of carbonyl (C=O) groups is 1. The molecular formula is C11H18O2Si. The molecule has 3 heteroatoms. The molecule has 1 rings (SSSR count). The zero-order valence-corrected chi connectivity index (χ0v) is 10.5. The standard InChI is InChI=1S/C11H18O2Si/c1-8(2)10-9(13-11(10)12)6-7-14(3,4)5/h8-10H,1-5H3/t9-,10+/m0/s1. The monoisotopic (exact) mass is 210 g/mol. The SMILES string of the molecule is CC(C)[C@H]1C(=O)O[C@H]1C#C[Si](C)(C)C. The molecule has 0 aliphatic carbocycles. The van der Waals surface area contributed by atoms with Crippen molar-refractivity contribution in [1.82, 2.24) is 0 Å². The van der Waals surface area contributed by atoms with Gasteiger partial charge in [0.15, 0.2) is 6.10 Å². The molecule has 0 N–H and O–H groups in total. The quantitative estimate of drug-likeness (QED) is 0.376. The van der Waals surface area contributed by atoms with Gasteiger partial charge in [-0.15, -0.1) is 5.54 Å². The molecule has 0 aromatic carbocycles. The van der Waals surface area contributed by atoms with E-state index in [9.17, 15) is 4.79 Å². The van der Waals surface area contributed by atoms with Gasteiger partial charge in [-0.3, -0.25) is 4.79 Å². The van der Waals surface area contributed by atoms with E-state index in [4.69, 9.17) is 4.74 Å². The average molecular weight is 210 g/mol. The van der Waals surface area contributed by atoms with E-state index < -0.39 is 8.07 Å². The fraction of sp³-hybridized carbons (Fsp3) is 0.727. The molecule has 1 fully saturated rings. The Bertz CT molecular complexity index is 291. The minimum atomic E-state index is -1.34. The Hall–Kier alpha value is -0.753. The maximum absolute atomic E-state index is 11.1. The van der Waals surface area contributed by atoms with Crippen LogP contribution in [0.3, 0.4) is 0 Å². The highest BCUT2D eigenvalue weighted by Gasteiger charge is 2.43. The molecule has 1 saturated heterocycles. The lowest BCUT2D eigenvalue weighted by molar-refractivity contribution is -0.180. The van der Waals surface area contributed by atoms with E-state index in [2.05, 4.69) is 31.1 Å². The van der Waals surface area contributed by atoms with Crippen LogP contribution < -0.4 is 0 Å². The van der Waals surface area contributed by atoms with Crippen LogP contribution in [0.1, 0.15) is 13.8 Å². The molecule has 2 atom stereocenters. The van der Waals surface area contributed by atoms with Crippen LogP contribution in [0, 0.1) is 23.3 Å². The topological polar surface area (TPSA) is 26.3 Å². The summed E-state index contributed by atoms with van der Waals surface area (Å²) in [6.45, 7) is 10.6. The lowest BCUT2D eigenvalue weighted by Crippen LogP contribution is -2.47. The molecule has 0 amide bonds. The molecule has 0 bridgehead atoms. The number of carbonyl (C=O) groups excluding carboxylic acids is 1. The first-order chi connectivity index (χ1) is 6.31. The summed E-state index contributed by atoms with van der Waals surface area (Å²) in [5.41, 5.74) is 3.24. The largest absolute Gasteiger partial charge is 0.448 e. The van der Waals surface area contributed by atoms with Crippen LogP contribution >= 0.6 is 0 Å². The molecule has 0 aromatic heterocycles. The normalized spacial score (nSPS) is 26.3. The van der Waals surface area contributed by atoms with Crippen LogP contribution in [0.4, 0.5) is 0 Å². The van der Waals surface area contributed by atoms with Gasteiger partial charge < -0.3 is 4.74 Å². The zero-order valence-electron chi connectivity index (χ0n) is 9.55. The molecule has 0 spiro atoms. The van der Waals surface area contributed by atoms with Gasteiger partial charge in [-0.2, -0.15) is 0 Å². The highest BCUT2D eigenvalue weighted by atomic mass is 28.3. The van der Waals surface area contributed by atoms with Crippen molar-refractivity contribution in [3.8, 4) is 11.5 Å². The summed E-state index contributed by atoms with van der Waals surface area (Å²) < 4.78 is 5.02. The molecule has 0 saturated carbocycles. The molecule has 0 aromatic rings. The second kappa shape index (κ2) is 3.78. The van der Waals surface area contributed by atoms with E-state index in [-0.39, 0.29) is 18.0 Å². The Balaban J connectivity index is 2.63. The van der Waals surface area contributed by atoms with E-state index in [1.54, 1.807) is 0 Å². The summed E-state index contributed by atoms with van der Waals surface area (Å²) in [6, 6.07) is 0. The second-order valence-corrected chi connectivity index (χ2v) is 9.90. The van der Waals surface area contributed by atoms with E-state index in [1.807, 2.05) is 13.8 Å². The number of rotatable bonds is 1. The minimum Gasteiger partial charge on any atom is -0.448 e. The Morgan fingerprint density at radius 3 is 2.29 bits per heavy atom. The number of hydrogen-bond acceptors (Lipinski definition) is 2. The smallest absolute Gasteiger partial charge is 0.315 e. The van der Waals surface area contributed by atoms with Crippen LogP contribution in [-0.2, 0) is 9.53 Å². The van der Waals surface area contributed by atoms with Crippen LogP contribution in [0.25, 0.3) is 0 Å². The van der Waals surface area contributed by atoms with Gasteiger partial charge >= 0.3 is 5.97 Å². The Labute approximate surface area is 87.0 Å². The number of esters is 1. The fourth-order valence-electron chi connectivity index (χ4n) is 1.36. The van der Waals surface area contributed by atoms with Gasteiger partial charge in [-0.05, 0) is 5.92 Å². The van der Waals surface area contributed by atoms with Crippen LogP contribution in [0.5, 0.6) is 0 Å². The van der Waals surface area contributed by atoms with Crippen molar-refractivity contribution in [2.45, 2.75) is 39.6 Å². The molecule has 78 valence electrons. The summed E-state index contributed by atoms with van der Waals surface area (Å²) >= 11 is 0. The molecule has 1 aliphatic heterocycles. The third kappa shape index (κ3) is 2.62. The zero-order chi connectivity index (χ0) is 10.9. The molecule has 0 radical (unpaired) electrons. The van der Waals surface area contributed by atoms with Gasteiger partial charge in [0.05, 0.1) is 0 Å². The maximum Gasteiger partial charge on any atom is 0.315 e. The van der Waals surface area contributed by atoms with Crippen molar-refractivity contribution in [1.29, 1.82) is 0 Å². The second-order valence-electron chi connectivity index (χ2n) is 5.15. The number of ether oxygens (including phenoxy) is 1. The van der Waals surface area contributed by atoms with Crippen LogP contribution in [0.15, 0.2) is 0 Å². The van der Waals surface area contributed by atoms with E-state index in [1.165, 1.54) is 0 Å². The van der Waals surface area contributed by atoms with Gasteiger partial charge in [0.25, 0.3) is 0 Å². The Morgan fingerprint density at radius 2 is 1.93 bits per heavy atom. The van der Waals surface area contributed by atoms with Gasteiger partial charge in [0.2, 0.25) is 0 Å². The highest BCUT2D eigenvalue weighted by Crippen LogP contribution is 2.28.